The Labute approximate surface area is 77.0 Å². The summed E-state index contributed by atoms with van der Waals surface area (Å²) in [5, 5.41) is 0. The third-order valence-electron chi connectivity index (χ3n) is 2.61. The van der Waals surface area contributed by atoms with Gasteiger partial charge in [-0.3, -0.25) is 4.79 Å². The summed E-state index contributed by atoms with van der Waals surface area (Å²) in [4.78, 5) is 14.4. The van der Waals surface area contributed by atoms with Crippen molar-refractivity contribution in [3.63, 3.8) is 0 Å². The predicted molar refractivity (Wildman–Crippen MR) is 51.7 cm³/mol. The maximum atomic E-state index is 11.5. The van der Waals surface area contributed by atoms with Crippen molar-refractivity contribution in [2.45, 2.75) is 32.2 Å². The van der Waals surface area contributed by atoms with Gasteiger partial charge < -0.3 is 10.7 Å². The van der Waals surface area contributed by atoms with Crippen LogP contribution in [-0.4, -0.2) is 4.98 Å². The lowest BCUT2D eigenvalue weighted by Gasteiger charge is -2.06. The molecule has 0 saturated heterocycles. The molecule has 0 radical (unpaired) electrons. The molecule has 1 aliphatic rings. The third kappa shape index (κ3) is 1.40. The molecule has 70 valence electrons. The first kappa shape index (κ1) is 8.51. The van der Waals surface area contributed by atoms with Crippen LogP contribution in [0.15, 0.2) is 10.9 Å². The summed E-state index contributed by atoms with van der Waals surface area (Å²) in [5.41, 5.74) is 8.76. The highest BCUT2D eigenvalue weighted by atomic mass is 16.1. The van der Waals surface area contributed by atoms with E-state index in [0.29, 0.717) is 5.56 Å². The van der Waals surface area contributed by atoms with Gasteiger partial charge in [-0.05, 0) is 37.8 Å². The monoisotopic (exact) mass is 178 g/mol. The van der Waals surface area contributed by atoms with E-state index >= 15 is 0 Å². The molecule has 0 aliphatic heterocycles. The predicted octanol–water partition coefficient (Wildman–Crippen LogP) is 0.883. The number of rotatable bonds is 1. The van der Waals surface area contributed by atoms with Crippen molar-refractivity contribution in [2.24, 2.45) is 5.73 Å². The maximum Gasteiger partial charge on any atom is 0.252 e. The van der Waals surface area contributed by atoms with Crippen LogP contribution in [0.1, 0.15) is 36.2 Å². The van der Waals surface area contributed by atoms with Crippen molar-refractivity contribution < 1.29 is 0 Å². The molecule has 3 nitrogen and oxygen atoms in total. The molecular weight excluding hydrogens is 164 g/mol. The first-order valence-electron chi connectivity index (χ1n) is 4.69. The SMILES string of the molecule is C[C@@H](N)c1cc2c([nH]c1=O)CCC2. The summed E-state index contributed by atoms with van der Waals surface area (Å²) in [6.07, 6.45) is 3.23. The molecular formula is C10H14N2O. The van der Waals surface area contributed by atoms with Crippen LogP contribution < -0.4 is 11.3 Å². The standard InChI is InChI=1S/C10H14N2O/c1-6(11)8-5-7-3-2-4-9(7)12-10(8)13/h5-6H,2-4,11H2,1H3,(H,12,13)/t6-/m1/s1. The van der Waals surface area contributed by atoms with Gasteiger partial charge in [0.1, 0.15) is 0 Å². The average molecular weight is 178 g/mol. The minimum Gasteiger partial charge on any atom is -0.326 e. The molecule has 2 rings (SSSR count). The Kier molecular flexibility index (Phi) is 1.96. The van der Waals surface area contributed by atoms with Crippen LogP contribution in [0.4, 0.5) is 0 Å². The van der Waals surface area contributed by atoms with Crippen LogP contribution in [0.2, 0.25) is 0 Å². The molecule has 0 spiro atoms. The Morgan fingerprint density at radius 3 is 3.00 bits per heavy atom. The van der Waals surface area contributed by atoms with E-state index in [9.17, 15) is 4.79 Å². The molecule has 0 saturated carbocycles. The normalized spacial score (nSPS) is 17.1. The number of fused-ring (bicyclic) bond motifs is 1. The lowest BCUT2D eigenvalue weighted by molar-refractivity contribution is 0.794. The second-order valence-electron chi connectivity index (χ2n) is 3.70. The highest BCUT2D eigenvalue weighted by Crippen LogP contribution is 2.20. The number of hydrogen-bond acceptors (Lipinski definition) is 2. The van der Waals surface area contributed by atoms with E-state index in [1.54, 1.807) is 0 Å². The average Bonchev–Trinajstić information content (AvgIpc) is 2.48. The van der Waals surface area contributed by atoms with Gasteiger partial charge in [0.05, 0.1) is 0 Å². The smallest absolute Gasteiger partial charge is 0.252 e. The molecule has 13 heavy (non-hydrogen) atoms. The Morgan fingerprint density at radius 2 is 2.31 bits per heavy atom. The second kappa shape index (κ2) is 3.00. The van der Waals surface area contributed by atoms with Gasteiger partial charge in [-0.2, -0.15) is 0 Å². The number of nitrogens with two attached hydrogens (primary N) is 1. The van der Waals surface area contributed by atoms with Gasteiger partial charge in [-0.25, -0.2) is 0 Å². The molecule has 1 aromatic rings. The molecule has 1 aromatic heterocycles. The number of nitrogens with one attached hydrogen (secondary N) is 1. The molecule has 0 amide bonds. The molecule has 3 heteroatoms. The minimum absolute atomic E-state index is 0.0179. The molecule has 3 N–H and O–H groups in total. The highest BCUT2D eigenvalue weighted by molar-refractivity contribution is 5.30. The van der Waals surface area contributed by atoms with E-state index in [4.69, 9.17) is 5.73 Å². The zero-order valence-electron chi connectivity index (χ0n) is 7.76. The number of aryl methyl sites for hydroxylation is 2. The van der Waals surface area contributed by atoms with Crippen LogP contribution in [0.5, 0.6) is 0 Å². The fourth-order valence-corrected chi connectivity index (χ4v) is 1.87. The molecule has 1 aliphatic carbocycles. The number of H-pyrrole nitrogens is 1. The van der Waals surface area contributed by atoms with E-state index < -0.39 is 0 Å². The second-order valence-corrected chi connectivity index (χ2v) is 3.70. The molecule has 0 aromatic carbocycles. The van der Waals surface area contributed by atoms with Crippen LogP contribution in [0.3, 0.4) is 0 Å². The van der Waals surface area contributed by atoms with Crippen LogP contribution in [0.25, 0.3) is 0 Å². The van der Waals surface area contributed by atoms with Gasteiger partial charge >= 0.3 is 0 Å². The number of aromatic amines is 1. The van der Waals surface area contributed by atoms with E-state index in [-0.39, 0.29) is 11.6 Å². The lowest BCUT2D eigenvalue weighted by Crippen LogP contribution is -2.21. The molecule has 1 atom stereocenters. The quantitative estimate of drug-likeness (QED) is 0.670. The van der Waals surface area contributed by atoms with E-state index in [1.807, 2.05) is 13.0 Å². The van der Waals surface area contributed by atoms with Gasteiger partial charge in [0, 0.05) is 17.3 Å². The van der Waals surface area contributed by atoms with Gasteiger partial charge in [-0.15, -0.1) is 0 Å². The Hall–Kier alpha value is -1.09. The number of aromatic nitrogens is 1. The van der Waals surface area contributed by atoms with Crippen LogP contribution in [-0.2, 0) is 12.8 Å². The summed E-state index contributed by atoms with van der Waals surface area (Å²) < 4.78 is 0. The zero-order valence-corrected chi connectivity index (χ0v) is 7.76. The summed E-state index contributed by atoms with van der Waals surface area (Å²) in [6, 6.07) is 1.79. The van der Waals surface area contributed by atoms with Crippen molar-refractivity contribution in [3.05, 3.63) is 33.2 Å². The Morgan fingerprint density at radius 1 is 1.54 bits per heavy atom. The summed E-state index contributed by atoms with van der Waals surface area (Å²) in [5.74, 6) is 0. The molecule has 0 fully saturated rings. The molecule has 0 unspecified atom stereocenters. The first-order valence-corrected chi connectivity index (χ1v) is 4.69. The Bertz CT molecular complexity index is 379. The largest absolute Gasteiger partial charge is 0.326 e. The summed E-state index contributed by atoms with van der Waals surface area (Å²) in [7, 11) is 0. The van der Waals surface area contributed by atoms with Crippen LogP contribution in [0, 0.1) is 0 Å². The first-order chi connectivity index (χ1) is 6.18. The third-order valence-corrected chi connectivity index (χ3v) is 2.61. The van der Waals surface area contributed by atoms with Crippen molar-refractivity contribution in [1.82, 2.24) is 4.98 Å². The van der Waals surface area contributed by atoms with Gasteiger partial charge in [0.15, 0.2) is 0 Å². The van der Waals surface area contributed by atoms with E-state index in [2.05, 4.69) is 4.98 Å². The van der Waals surface area contributed by atoms with Crippen molar-refractivity contribution in [3.8, 4) is 0 Å². The maximum absolute atomic E-state index is 11.5. The van der Waals surface area contributed by atoms with E-state index in [1.165, 1.54) is 5.56 Å². The van der Waals surface area contributed by atoms with Crippen LogP contribution >= 0.6 is 0 Å². The zero-order chi connectivity index (χ0) is 9.42. The highest BCUT2D eigenvalue weighted by Gasteiger charge is 2.15. The summed E-state index contributed by atoms with van der Waals surface area (Å²) >= 11 is 0. The van der Waals surface area contributed by atoms with Gasteiger partial charge in [-0.1, -0.05) is 0 Å². The fourth-order valence-electron chi connectivity index (χ4n) is 1.87. The minimum atomic E-state index is -0.172. The lowest BCUT2D eigenvalue weighted by atomic mass is 10.1. The Balaban J connectivity index is 2.56. The van der Waals surface area contributed by atoms with Gasteiger partial charge in [0.25, 0.3) is 5.56 Å². The summed E-state index contributed by atoms with van der Waals surface area (Å²) in [6.45, 7) is 1.84. The van der Waals surface area contributed by atoms with Crippen molar-refractivity contribution in [2.75, 3.05) is 0 Å². The number of pyridine rings is 1. The molecule has 1 heterocycles. The van der Waals surface area contributed by atoms with Gasteiger partial charge in [0.2, 0.25) is 0 Å². The topological polar surface area (TPSA) is 58.9 Å². The van der Waals surface area contributed by atoms with E-state index in [0.717, 1.165) is 25.0 Å². The molecule has 0 bridgehead atoms. The van der Waals surface area contributed by atoms with Crippen molar-refractivity contribution >= 4 is 0 Å². The fraction of sp³-hybridized carbons (Fsp3) is 0.500. The number of hydrogen-bond donors (Lipinski definition) is 2. The van der Waals surface area contributed by atoms with Crippen molar-refractivity contribution in [1.29, 1.82) is 0 Å².